The molecule has 0 aliphatic carbocycles. The highest BCUT2D eigenvalue weighted by Crippen LogP contribution is 2.28. The van der Waals surface area contributed by atoms with Crippen molar-refractivity contribution in [2.24, 2.45) is 0 Å². The highest BCUT2D eigenvalue weighted by molar-refractivity contribution is 8.13. The van der Waals surface area contributed by atoms with Gasteiger partial charge in [-0.1, -0.05) is 41.4 Å². The lowest BCUT2D eigenvalue weighted by Crippen LogP contribution is -1.91. The quantitative estimate of drug-likeness (QED) is 0.777. The number of benzene rings is 2. The van der Waals surface area contributed by atoms with Gasteiger partial charge in [-0.25, -0.2) is 8.42 Å². The fourth-order valence-electron chi connectivity index (χ4n) is 1.62. The maximum atomic E-state index is 11.3. The molecule has 2 rings (SSSR count). The van der Waals surface area contributed by atoms with Crippen LogP contribution in [0.1, 0.15) is 5.56 Å². The first-order valence-corrected chi connectivity index (χ1v) is 7.87. The zero-order valence-corrected chi connectivity index (χ0v) is 11.9. The molecule has 94 valence electrons. The average Bonchev–Trinajstić information content (AvgIpc) is 2.28. The second-order valence-corrected chi connectivity index (χ2v) is 6.98. The van der Waals surface area contributed by atoms with E-state index in [1.54, 1.807) is 6.07 Å². The van der Waals surface area contributed by atoms with Crippen LogP contribution in [-0.4, -0.2) is 8.42 Å². The van der Waals surface area contributed by atoms with Crippen LogP contribution in [0.5, 0.6) is 0 Å². The standard InChI is InChI=1S/C13H10Cl2O2S/c1-9-2-4-10(5-3-9)11-6-12(14)8-13(7-11)18(15,16)17/h2-8H,1H3. The predicted octanol–water partition coefficient (Wildman–Crippen LogP) is 4.24. The predicted molar refractivity (Wildman–Crippen MR) is 74.7 cm³/mol. The van der Waals surface area contributed by atoms with E-state index in [9.17, 15) is 8.42 Å². The Bertz CT molecular complexity index is 677. The van der Waals surface area contributed by atoms with E-state index < -0.39 is 9.05 Å². The number of rotatable bonds is 2. The summed E-state index contributed by atoms with van der Waals surface area (Å²) >= 11 is 5.91. The smallest absolute Gasteiger partial charge is 0.207 e. The molecule has 0 bridgehead atoms. The van der Waals surface area contributed by atoms with Crippen LogP contribution in [0.2, 0.25) is 5.02 Å². The molecule has 2 aromatic carbocycles. The lowest BCUT2D eigenvalue weighted by molar-refractivity contribution is 0.609. The fourth-order valence-corrected chi connectivity index (χ4v) is 2.72. The van der Waals surface area contributed by atoms with Gasteiger partial charge < -0.3 is 0 Å². The lowest BCUT2D eigenvalue weighted by Gasteiger charge is -2.05. The maximum absolute atomic E-state index is 11.3. The first kappa shape index (κ1) is 13.4. The van der Waals surface area contributed by atoms with Crippen LogP contribution in [0.4, 0.5) is 0 Å². The Kier molecular flexibility index (Phi) is 3.66. The topological polar surface area (TPSA) is 34.1 Å². The highest BCUT2D eigenvalue weighted by atomic mass is 35.7. The highest BCUT2D eigenvalue weighted by Gasteiger charge is 2.12. The van der Waals surface area contributed by atoms with E-state index in [0.29, 0.717) is 5.02 Å². The first-order chi connectivity index (χ1) is 8.36. The molecule has 5 heteroatoms. The zero-order chi connectivity index (χ0) is 13.3. The largest absolute Gasteiger partial charge is 0.261 e. The van der Waals surface area contributed by atoms with Crippen LogP contribution in [0.15, 0.2) is 47.4 Å². The lowest BCUT2D eigenvalue weighted by atomic mass is 10.0. The van der Waals surface area contributed by atoms with Crippen molar-refractivity contribution in [3.05, 3.63) is 53.1 Å². The summed E-state index contributed by atoms with van der Waals surface area (Å²) in [6.07, 6.45) is 0. The molecular weight excluding hydrogens is 291 g/mol. The van der Waals surface area contributed by atoms with E-state index in [2.05, 4.69) is 0 Å². The third-order valence-corrected chi connectivity index (χ3v) is 4.09. The molecular formula is C13H10Cl2O2S. The average molecular weight is 301 g/mol. The Labute approximate surface area is 116 Å². The summed E-state index contributed by atoms with van der Waals surface area (Å²) in [5.74, 6) is 0. The van der Waals surface area contributed by atoms with Gasteiger partial charge in [-0.2, -0.15) is 0 Å². The van der Waals surface area contributed by atoms with Crippen molar-refractivity contribution in [2.75, 3.05) is 0 Å². The van der Waals surface area contributed by atoms with Crippen molar-refractivity contribution < 1.29 is 8.42 Å². The van der Waals surface area contributed by atoms with Gasteiger partial charge in [0.1, 0.15) is 0 Å². The van der Waals surface area contributed by atoms with E-state index in [1.807, 2.05) is 31.2 Å². The Morgan fingerprint density at radius 2 is 1.56 bits per heavy atom. The molecule has 0 radical (unpaired) electrons. The van der Waals surface area contributed by atoms with Gasteiger partial charge in [0.05, 0.1) is 4.90 Å². The van der Waals surface area contributed by atoms with Gasteiger partial charge in [0, 0.05) is 15.7 Å². The molecule has 2 aromatic rings. The number of hydrogen-bond acceptors (Lipinski definition) is 2. The summed E-state index contributed by atoms with van der Waals surface area (Å²) < 4.78 is 22.7. The van der Waals surface area contributed by atoms with Crippen LogP contribution in [0.3, 0.4) is 0 Å². The Balaban J connectivity index is 2.59. The van der Waals surface area contributed by atoms with Gasteiger partial charge in [-0.15, -0.1) is 0 Å². The van der Waals surface area contributed by atoms with E-state index in [4.69, 9.17) is 22.3 Å². The van der Waals surface area contributed by atoms with Gasteiger partial charge >= 0.3 is 0 Å². The van der Waals surface area contributed by atoms with Crippen LogP contribution in [0, 0.1) is 6.92 Å². The van der Waals surface area contributed by atoms with Crippen molar-refractivity contribution in [2.45, 2.75) is 11.8 Å². The monoisotopic (exact) mass is 300 g/mol. The maximum Gasteiger partial charge on any atom is 0.261 e. The molecule has 0 saturated carbocycles. The molecule has 0 aliphatic heterocycles. The van der Waals surface area contributed by atoms with Gasteiger partial charge in [-0.3, -0.25) is 0 Å². The number of aryl methyl sites for hydroxylation is 1. The van der Waals surface area contributed by atoms with Crippen LogP contribution < -0.4 is 0 Å². The van der Waals surface area contributed by atoms with E-state index >= 15 is 0 Å². The normalized spacial score (nSPS) is 11.5. The Hall–Kier alpha value is -1.03. The minimum Gasteiger partial charge on any atom is -0.207 e. The van der Waals surface area contributed by atoms with Crippen molar-refractivity contribution in [1.29, 1.82) is 0 Å². The molecule has 18 heavy (non-hydrogen) atoms. The molecule has 0 fully saturated rings. The van der Waals surface area contributed by atoms with Gasteiger partial charge in [0.2, 0.25) is 0 Å². The van der Waals surface area contributed by atoms with E-state index in [-0.39, 0.29) is 4.90 Å². The molecule has 0 unspecified atom stereocenters. The van der Waals surface area contributed by atoms with Crippen molar-refractivity contribution in [3.8, 4) is 11.1 Å². The minimum absolute atomic E-state index is 0.00671. The van der Waals surface area contributed by atoms with Crippen molar-refractivity contribution in [3.63, 3.8) is 0 Å². The molecule has 0 amide bonds. The number of hydrogen-bond donors (Lipinski definition) is 0. The van der Waals surface area contributed by atoms with Crippen LogP contribution >= 0.6 is 22.3 Å². The second-order valence-electron chi connectivity index (χ2n) is 3.98. The van der Waals surface area contributed by atoms with Gasteiger partial charge in [0.15, 0.2) is 0 Å². The summed E-state index contributed by atoms with van der Waals surface area (Å²) in [6.45, 7) is 1.98. The molecule has 0 aromatic heterocycles. The summed E-state index contributed by atoms with van der Waals surface area (Å²) in [6, 6.07) is 12.3. The summed E-state index contributed by atoms with van der Waals surface area (Å²) in [7, 11) is 1.55. The summed E-state index contributed by atoms with van der Waals surface area (Å²) in [4.78, 5) is 0.00671. The van der Waals surface area contributed by atoms with Crippen molar-refractivity contribution in [1.82, 2.24) is 0 Å². The van der Waals surface area contributed by atoms with Gasteiger partial charge in [0.25, 0.3) is 9.05 Å². The first-order valence-electron chi connectivity index (χ1n) is 5.18. The molecule has 0 N–H and O–H groups in total. The molecule has 0 heterocycles. The molecule has 0 saturated heterocycles. The summed E-state index contributed by atoms with van der Waals surface area (Å²) in [5.41, 5.74) is 2.75. The van der Waals surface area contributed by atoms with E-state index in [0.717, 1.165) is 16.7 Å². The van der Waals surface area contributed by atoms with Crippen LogP contribution in [-0.2, 0) is 9.05 Å². The van der Waals surface area contributed by atoms with E-state index in [1.165, 1.54) is 12.1 Å². The number of halogens is 2. The second kappa shape index (κ2) is 4.92. The molecule has 0 atom stereocenters. The van der Waals surface area contributed by atoms with Gasteiger partial charge in [-0.05, 0) is 36.2 Å². The molecule has 0 spiro atoms. The Morgan fingerprint density at radius 3 is 2.11 bits per heavy atom. The fraction of sp³-hybridized carbons (Fsp3) is 0.0769. The third-order valence-electron chi connectivity index (χ3n) is 2.54. The molecule has 0 aliphatic rings. The summed E-state index contributed by atoms with van der Waals surface area (Å²) in [5, 5.41) is 0.340. The Morgan fingerprint density at radius 1 is 0.944 bits per heavy atom. The van der Waals surface area contributed by atoms with Crippen molar-refractivity contribution >= 4 is 31.3 Å². The third kappa shape index (κ3) is 3.05. The zero-order valence-electron chi connectivity index (χ0n) is 9.52. The SMILES string of the molecule is Cc1ccc(-c2cc(Cl)cc(S(=O)(=O)Cl)c2)cc1. The minimum atomic E-state index is -3.78. The van der Waals surface area contributed by atoms with Crippen LogP contribution in [0.25, 0.3) is 11.1 Å². The molecule has 2 nitrogen and oxygen atoms in total.